The number of hydrogen-bond donors (Lipinski definition) is 3. The summed E-state index contributed by atoms with van der Waals surface area (Å²) in [7, 11) is 0. The van der Waals surface area contributed by atoms with Gasteiger partial charge in [0.05, 0.1) is 34.0 Å². The zero-order valence-corrected chi connectivity index (χ0v) is 18.7. The van der Waals surface area contributed by atoms with Crippen molar-refractivity contribution in [1.29, 1.82) is 0 Å². The largest absolute Gasteiger partial charge is 0.443 e. The van der Waals surface area contributed by atoms with Gasteiger partial charge in [-0.1, -0.05) is 18.5 Å². The Hall–Kier alpha value is -2.32. The minimum atomic E-state index is -0.660. The summed E-state index contributed by atoms with van der Waals surface area (Å²) in [5.74, 6) is -0.104. The Morgan fingerprint density at radius 2 is 2.17 bits per heavy atom. The molecule has 0 bridgehead atoms. The zero-order valence-electron chi connectivity index (χ0n) is 18.0. The van der Waals surface area contributed by atoms with Crippen LogP contribution in [-0.4, -0.2) is 46.7 Å². The van der Waals surface area contributed by atoms with Crippen LogP contribution in [0.2, 0.25) is 5.02 Å². The van der Waals surface area contributed by atoms with E-state index in [0.717, 1.165) is 25.8 Å². The molecule has 1 aliphatic heterocycles. The van der Waals surface area contributed by atoms with Crippen molar-refractivity contribution in [2.45, 2.75) is 65.0 Å². The number of hydrogen-bond acceptors (Lipinski definition) is 5. The van der Waals surface area contributed by atoms with Gasteiger partial charge in [0.15, 0.2) is 0 Å². The van der Waals surface area contributed by atoms with Crippen molar-refractivity contribution in [1.82, 2.24) is 15.3 Å². The molecule has 3 heterocycles. The van der Waals surface area contributed by atoms with Crippen molar-refractivity contribution in [3.63, 3.8) is 0 Å². The molecule has 0 spiro atoms. The van der Waals surface area contributed by atoms with Crippen molar-refractivity contribution in [3.05, 3.63) is 17.4 Å². The topological polar surface area (TPSA) is 99.4 Å². The van der Waals surface area contributed by atoms with Crippen LogP contribution in [-0.2, 0) is 9.53 Å². The van der Waals surface area contributed by atoms with Gasteiger partial charge in [0, 0.05) is 19.2 Å². The SMILES string of the molecule is CCCC(=O)Nc1c[nH]c2ncc(Cl)c(N(C(=O)OC(C)(C)C)[C@@H]3CCCNC3)c12. The van der Waals surface area contributed by atoms with Crippen LogP contribution in [0.25, 0.3) is 11.0 Å². The molecule has 0 aliphatic carbocycles. The fourth-order valence-electron chi connectivity index (χ4n) is 3.62. The third kappa shape index (κ3) is 5.05. The average molecular weight is 436 g/mol. The van der Waals surface area contributed by atoms with E-state index in [1.807, 2.05) is 27.7 Å². The van der Waals surface area contributed by atoms with Gasteiger partial charge in [0.25, 0.3) is 0 Å². The molecule has 1 atom stereocenters. The summed E-state index contributed by atoms with van der Waals surface area (Å²) in [5, 5.41) is 7.18. The summed E-state index contributed by atoms with van der Waals surface area (Å²) in [4.78, 5) is 34.6. The number of nitrogens with one attached hydrogen (secondary N) is 3. The van der Waals surface area contributed by atoms with E-state index >= 15 is 0 Å². The summed E-state index contributed by atoms with van der Waals surface area (Å²) in [6, 6.07) is -0.134. The molecule has 2 amide bonds. The van der Waals surface area contributed by atoms with E-state index in [1.165, 1.54) is 6.20 Å². The Kier molecular flexibility index (Phi) is 6.88. The Morgan fingerprint density at radius 3 is 2.80 bits per heavy atom. The first kappa shape index (κ1) is 22.4. The first-order valence-corrected chi connectivity index (χ1v) is 10.8. The Morgan fingerprint density at radius 1 is 1.40 bits per heavy atom. The normalized spacial score (nSPS) is 17.0. The van der Waals surface area contributed by atoms with Gasteiger partial charge < -0.3 is 20.4 Å². The highest BCUT2D eigenvalue weighted by atomic mass is 35.5. The van der Waals surface area contributed by atoms with Crippen LogP contribution in [0.4, 0.5) is 16.2 Å². The smallest absolute Gasteiger partial charge is 0.415 e. The molecule has 0 aromatic carbocycles. The summed E-state index contributed by atoms with van der Waals surface area (Å²) in [6.07, 6.45) is 5.60. The van der Waals surface area contributed by atoms with Gasteiger partial charge in [0.2, 0.25) is 5.91 Å². The molecule has 0 radical (unpaired) electrons. The number of nitrogens with zero attached hydrogens (tertiary/aromatic N) is 2. The van der Waals surface area contributed by atoms with Crippen LogP contribution in [0, 0.1) is 0 Å². The molecule has 8 nitrogen and oxygen atoms in total. The van der Waals surface area contributed by atoms with Crippen LogP contribution in [0.5, 0.6) is 0 Å². The maximum atomic E-state index is 13.3. The lowest BCUT2D eigenvalue weighted by Gasteiger charge is -2.36. The maximum Gasteiger partial charge on any atom is 0.415 e. The lowest BCUT2D eigenvalue weighted by molar-refractivity contribution is -0.116. The average Bonchev–Trinajstić information content (AvgIpc) is 3.06. The third-order valence-electron chi connectivity index (χ3n) is 4.85. The number of fused-ring (bicyclic) bond motifs is 1. The van der Waals surface area contributed by atoms with Crippen molar-refractivity contribution >= 4 is 46.0 Å². The number of aromatic nitrogens is 2. The van der Waals surface area contributed by atoms with Crippen molar-refractivity contribution < 1.29 is 14.3 Å². The summed E-state index contributed by atoms with van der Waals surface area (Å²) >= 11 is 6.60. The molecular formula is C21H30ClN5O3. The predicted molar refractivity (Wildman–Crippen MR) is 119 cm³/mol. The molecule has 2 aromatic rings. The quantitative estimate of drug-likeness (QED) is 0.644. The number of H-pyrrole nitrogens is 1. The highest BCUT2D eigenvalue weighted by Crippen LogP contribution is 2.40. The molecule has 1 saturated heterocycles. The van der Waals surface area contributed by atoms with E-state index in [1.54, 1.807) is 11.1 Å². The van der Waals surface area contributed by atoms with E-state index < -0.39 is 11.7 Å². The lowest BCUT2D eigenvalue weighted by atomic mass is 10.0. The second-order valence-electron chi connectivity index (χ2n) is 8.53. The minimum Gasteiger partial charge on any atom is -0.443 e. The Bertz CT molecular complexity index is 915. The van der Waals surface area contributed by atoms with Gasteiger partial charge in [-0.15, -0.1) is 0 Å². The number of ether oxygens (including phenoxy) is 1. The van der Waals surface area contributed by atoms with E-state index in [9.17, 15) is 9.59 Å². The van der Waals surface area contributed by atoms with Gasteiger partial charge in [0.1, 0.15) is 11.2 Å². The number of halogens is 1. The number of rotatable bonds is 5. The van der Waals surface area contributed by atoms with Crippen molar-refractivity contribution in [2.75, 3.05) is 23.3 Å². The van der Waals surface area contributed by atoms with Crippen LogP contribution in [0.3, 0.4) is 0 Å². The first-order valence-electron chi connectivity index (χ1n) is 10.4. The molecule has 9 heteroatoms. The second-order valence-corrected chi connectivity index (χ2v) is 8.94. The molecule has 0 unspecified atom stereocenters. The Balaban J connectivity index is 2.12. The van der Waals surface area contributed by atoms with Gasteiger partial charge in [-0.2, -0.15) is 0 Å². The number of anilines is 2. The predicted octanol–water partition coefficient (Wildman–Crippen LogP) is 4.45. The number of carbonyl (C=O) groups excluding carboxylic acids is 2. The lowest BCUT2D eigenvalue weighted by Crippen LogP contribution is -2.50. The molecule has 3 rings (SSSR count). The van der Waals surface area contributed by atoms with Crippen molar-refractivity contribution in [2.24, 2.45) is 0 Å². The summed E-state index contributed by atoms with van der Waals surface area (Å²) in [5.41, 5.74) is 0.925. The first-order chi connectivity index (χ1) is 14.2. The van der Waals surface area contributed by atoms with E-state index in [2.05, 4.69) is 20.6 Å². The number of amides is 2. The zero-order chi connectivity index (χ0) is 21.9. The van der Waals surface area contributed by atoms with Crippen molar-refractivity contribution in [3.8, 4) is 0 Å². The molecular weight excluding hydrogens is 406 g/mol. The minimum absolute atomic E-state index is 0.104. The fraction of sp³-hybridized carbons (Fsp3) is 0.571. The van der Waals surface area contributed by atoms with Crippen LogP contribution < -0.4 is 15.5 Å². The van der Waals surface area contributed by atoms with E-state index in [0.29, 0.717) is 40.4 Å². The van der Waals surface area contributed by atoms with Crippen LogP contribution >= 0.6 is 11.6 Å². The van der Waals surface area contributed by atoms with Crippen LogP contribution in [0.15, 0.2) is 12.4 Å². The van der Waals surface area contributed by atoms with Gasteiger partial charge in [-0.05, 0) is 46.6 Å². The second kappa shape index (κ2) is 9.22. The standard InChI is InChI=1S/C21H30ClN5O3/c1-5-7-16(28)26-15-12-25-19-17(15)18(14(22)11-24-19)27(13-8-6-9-23-10-13)20(29)30-21(2,3)4/h11-13,23H,5-10H2,1-4H3,(H,24,25)(H,26,28)/t13-/m1/s1. The maximum absolute atomic E-state index is 13.3. The number of piperidine rings is 1. The fourth-order valence-corrected chi connectivity index (χ4v) is 3.85. The van der Waals surface area contributed by atoms with Gasteiger partial charge in [-0.3, -0.25) is 9.69 Å². The summed E-state index contributed by atoms with van der Waals surface area (Å²) < 4.78 is 5.73. The molecule has 164 valence electrons. The highest BCUT2D eigenvalue weighted by molar-refractivity contribution is 6.36. The molecule has 30 heavy (non-hydrogen) atoms. The monoisotopic (exact) mass is 435 g/mol. The Labute approximate surface area is 181 Å². The van der Waals surface area contributed by atoms with Gasteiger partial charge in [-0.25, -0.2) is 9.78 Å². The molecule has 3 N–H and O–H groups in total. The summed E-state index contributed by atoms with van der Waals surface area (Å²) in [6.45, 7) is 8.97. The number of carbonyl (C=O) groups is 2. The van der Waals surface area contributed by atoms with Crippen LogP contribution in [0.1, 0.15) is 53.4 Å². The third-order valence-corrected chi connectivity index (χ3v) is 5.12. The van der Waals surface area contributed by atoms with Gasteiger partial charge >= 0.3 is 6.09 Å². The number of aromatic amines is 1. The molecule has 1 aliphatic rings. The van der Waals surface area contributed by atoms with E-state index in [-0.39, 0.29) is 11.9 Å². The molecule has 1 fully saturated rings. The molecule has 0 saturated carbocycles. The highest BCUT2D eigenvalue weighted by Gasteiger charge is 2.34. The molecule has 2 aromatic heterocycles. The van der Waals surface area contributed by atoms with E-state index in [4.69, 9.17) is 16.3 Å². The number of pyridine rings is 1.